The van der Waals surface area contributed by atoms with Crippen LogP contribution in [0.3, 0.4) is 0 Å². The van der Waals surface area contributed by atoms with E-state index in [-0.39, 0.29) is 12.0 Å². The molecule has 3 unspecified atom stereocenters. The van der Waals surface area contributed by atoms with E-state index in [9.17, 15) is 4.79 Å². The minimum atomic E-state index is -0.564. The Labute approximate surface area is 115 Å². The summed E-state index contributed by atoms with van der Waals surface area (Å²) in [4.78, 5) is 14.3. The maximum Gasteiger partial charge on any atom is 0.239 e. The molecule has 0 radical (unpaired) electrons. The van der Waals surface area contributed by atoms with E-state index in [2.05, 4.69) is 24.2 Å². The third-order valence-electron chi connectivity index (χ3n) is 4.61. The molecule has 2 fully saturated rings. The minimum absolute atomic E-state index is 0.213. The van der Waals surface area contributed by atoms with Gasteiger partial charge in [-0.1, -0.05) is 6.92 Å². The molecular formula is C14H27N3O2. The van der Waals surface area contributed by atoms with E-state index in [4.69, 9.17) is 10.5 Å². The molecular weight excluding hydrogens is 242 g/mol. The summed E-state index contributed by atoms with van der Waals surface area (Å²) in [7, 11) is 2.08. The van der Waals surface area contributed by atoms with Gasteiger partial charge >= 0.3 is 0 Å². The molecule has 1 amide bonds. The first kappa shape index (κ1) is 14.8. The van der Waals surface area contributed by atoms with E-state index in [1.807, 2.05) is 6.92 Å². The van der Waals surface area contributed by atoms with Crippen molar-refractivity contribution in [3.63, 3.8) is 0 Å². The maximum absolute atomic E-state index is 12.0. The number of amides is 1. The second-order valence-corrected chi connectivity index (χ2v) is 5.99. The van der Waals surface area contributed by atoms with Crippen molar-refractivity contribution in [3.8, 4) is 0 Å². The monoisotopic (exact) mass is 269 g/mol. The fourth-order valence-electron chi connectivity index (χ4n) is 3.40. The normalized spacial score (nSPS) is 30.5. The zero-order chi connectivity index (χ0) is 14.0. The topological polar surface area (TPSA) is 67.6 Å². The first-order valence-corrected chi connectivity index (χ1v) is 7.38. The van der Waals surface area contributed by atoms with Crippen LogP contribution >= 0.6 is 0 Å². The second kappa shape index (κ2) is 5.77. The van der Waals surface area contributed by atoms with Crippen LogP contribution in [0.1, 0.15) is 33.1 Å². The number of hydrogen-bond donors (Lipinski definition) is 2. The van der Waals surface area contributed by atoms with Crippen LogP contribution < -0.4 is 11.1 Å². The van der Waals surface area contributed by atoms with Crippen LogP contribution in [0.25, 0.3) is 0 Å². The predicted octanol–water partition coefficient (Wildman–Crippen LogP) is 0.339. The number of ether oxygens (including phenoxy) is 1. The number of likely N-dealkylation sites (N-methyl/N-ethyl adjacent to an activating group) is 2. The van der Waals surface area contributed by atoms with Crippen LogP contribution in [0.5, 0.6) is 0 Å². The summed E-state index contributed by atoms with van der Waals surface area (Å²) in [6, 6.07) is 0.385. The molecule has 3 atom stereocenters. The predicted molar refractivity (Wildman–Crippen MR) is 74.8 cm³/mol. The van der Waals surface area contributed by atoms with Gasteiger partial charge in [0.05, 0.1) is 6.10 Å². The third-order valence-corrected chi connectivity index (χ3v) is 4.61. The van der Waals surface area contributed by atoms with Gasteiger partial charge in [0.15, 0.2) is 0 Å². The minimum Gasteiger partial charge on any atom is -0.377 e. The van der Waals surface area contributed by atoms with Gasteiger partial charge in [-0.05, 0) is 45.7 Å². The third kappa shape index (κ3) is 2.93. The summed E-state index contributed by atoms with van der Waals surface area (Å²) < 4.78 is 5.62. The van der Waals surface area contributed by atoms with Gasteiger partial charge in [-0.2, -0.15) is 0 Å². The van der Waals surface area contributed by atoms with Gasteiger partial charge in [0.1, 0.15) is 5.54 Å². The maximum atomic E-state index is 12.0. The van der Waals surface area contributed by atoms with Crippen molar-refractivity contribution >= 4 is 5.91 Å². The molecule has 2 aliphatic rings. The van der Waals surface area contributed by atoms with Crippen molar-refractivity contribution in [2.45, 2.75) is 50.8 Å². The number of hydrogen-bond acceptors (Lipinski definition) is 4. The van der Waals surface area contributed by atoms with Crippen molar-refractivity contribution in [3.05, 3.63) is 0 Å². The van der Waals surface area contributed by atoms with Crippen molar-refractivity contribution in [1.82, 2.24) is 10.2 Å². The molecule has 1 aliphatic heterocycles. The molecule has 1 saturated carbocycles. The molecule has 5 heteroatoms. The summed E-state index contributed by atoms with van der Waals surface area (Å²) in [5, 5.41) is 3.37. The lowest BCUT2D eigenvalue weighted by Gasteiger charge is -2.38. The van der Waals surface area contributed by atoms with Crippen LogP contribution in [0, 0.1) is 5.92 Å². The zero-order valence-corrected chi connectivity index (χ0v) is 12.3. The quantitative estimate of drug-likeness (QED) is 0.699. The largest absolute Gasteiger partial charge is 0.377 e. The Bertz CT molecular complexity index is 333. The highest BCUT2D eigenvalue weighted by molar-refractivity contribution is 5.86. The van der Waals surface area contributed by atoms with Gasteiger partial charge in [-0.25, -0.2) is 0 Å². The van der Waals surface area contributed by atoms with E-state index >= 15 is 0 Å². The lowest BCUT2D eigenvalue weighted by atomic mass is 9.90. The van der Waals surface area contributed by atoms with Gasteiger partial charge in [-0.3, -0.25) is 9.69 Å². The number of primary amides is 1. The number of carbonyl (C=O) groups excluding carboxylic acids is 1. The number of nitrogens with two attached hydrogens (primary N) is 1. The molecule has 5 nitrogen and oxygen atoms in total. The fraction of sp³-hybridized carbons (Fsp3) is 0.929. The lowest BCUT2D eigenvalue weighted by Crippen LogP contribution is -2.64. The van der Waals surface area contributed by atoms with Crippen molar-refractivity contribution < 1.29 is 9.53 Å². The average molecular weight is 269 g/mol. The summed E-state index contributed by atoms with van der Waals surface area (Å²) in [5.74, 6) is 0.181. The van der Waals surface area contributed by atoms with Gasteiger partial charge in [0.25, 0.3) is 0 Å². The van der Waals surface area contributed by atoms with Gasteiger partial charge in [0, 0.05) is 19.2 Å². The number of nitrogens with zero attached hydrogens (tertiary/aromatic N) is 1. The Hall–Kier alpha value is -0.650. The Kier molecular flexibility index (Phi) is 4.48. The first-order chi connectivity index (χ1) is 9.01. The summed E-state index contributed by atoms with van der Waals surface area (Å²) in [6.45, 7) is 6.39. The molecule has 0 aromatic rings. The highest BCUT2D eigenvalue weighted by Crippen LogP contribution is 2.40. The van der Waals surface area contributed by atoms with Crippen LogP contribution in [0.15, 0.2) is 0 Å². The lowest BCUT2D eigenvalue weighted by molar-refractivity contribution is -0.126. The standard InChI is InChI=1S/C14H27N3O2/c1-4-16-14(13(15)18,11-5-6-11)9-17(3)12-7-8-19-10(12)2/h10-12,16H,4-9H2,1-3H3,(H2,15,18). The molecule has 19 heavy (non-hydrogen) atoms. The summed E-state index contributed by atoms with van der Waals surface area (Å²) in [5.41, 5.74) is 5.16. The van der Waals surface area contributed by atoms with Crippen LogP contribution in [-0.4, -0.2) is 55.2 Å². The molecule has 2 rings (SSSR count). The smallest absolute Gasteiger partial charge is 0.239 e. The molecule has 0 spiro atoms. The van der Waals surface area contributed by atoms with Crippen molar-refractivity contribution in [2.24, 2.45) is 11.7 Å². The van der Waals surface area contributed by atoms with Crippen LogP contribution in [0.4, 0.5) is 0 Å². The highest BCUT2D eigenvalue weighted by Gasteiger charge is 2.50. The first-order valence-electron chi connectivity index (χ1n) is 7.38. The summed E-state index contributed by atoms with van der Waals surface area (Å²) in [6.07, 6.45) is 3.46. The molecule has 1 saturated heterocycles. The average Bonchev–Trinajstić information content (AvgIpc) is 3.11. The molecule has 1 heterocycles. The van der Waals surface area contributed by atoms with E-state index in [1.54, 1.807) is 0 Å². The molecule has 0 aromatic heterocycles. The Morgan fingerprint density at radius 2 is 2.16 bits per heavy atom. The van der Waals surface area contributed by atoms with Gasteiger partial charge < -0.3 is 15.8 Å². The zero-order valence-electron chi connectivity index (χ0n) is 12.3. The Balaban J connectivity index is 2.08. The van der Waals surface area contributed by atoms with E-state index < -0.39 is 5.54 Å². The molecule has 110 valence electrons. The number of rotatable bonds is 7. The molecule has 3 N–H and O–H groups in total. The number of nitrogens with one attached hydrogen (secondary N) is 1. The van der Waals surface area contributed by atoms with Gasteiger partial charge in [-0.15, -0.1) is 0 Å². The molecule has 0 bridgehead atoms. The van der Waals surface area contributed by atoms with E-state index in [0.29, 0.717) is 18.5 Å². The van der Waals surface area contributed by atoms with E-state index in [1.165, 1.54) is 0 Å². The Morgan fingerprint density at radius 1 is 1.47 bits per heavy atom. The summed E-state index contributed by atoms with van der Waals surface area (Å²) >= 11 is 0. The van der Waals surface area contributed by atoms with Crippen LogP contribution in [0.2, 0.25) is 0 Å². The van der Waals surface area contributed by atoms with Crippen LogP contribution in [-0.2, 0) is 9.53 Å². The highest BCUT2D eigenvalue weighted by atomic mass is 16.5. The Morgan fingerprint density at radius 3 is 2.58 bits per heavy atom. The van der Waals surface area contributed by atoms with Gasteiger partial charge in [0.2, 0.25) is 5.91 Å². The molecule has 0 aromatic carbocycles. The SMILES string of the molecule is CCNC(CN(C)C1CCOC1C)(C(N)=O)C1CC1. The molecule has 1 aliphatic carbocycles. The van der Waals surface area contributed by atoms with E-state index in [0.717, 1.165) is 32.4 Å². The fourth-order valence-corrected chi connectivity index (χ4v) is 3.40. The number of carbonyl (C=O) groups is 1. The second-order valence-electron chi connectivity index (χ2n) is 5.99. The van der Waals surface area contributed by atoms with Crippen molar-refractivity contribution in [2.75, 3.05) is 26.7 Å². The van der Waals surface area contributed by atoms with Crippen molar-refractivity contribution in [1.29, 1.82) is 0 Å².